The van der Waals surface area contributed by atoms with Crippen molar-refractivity contribution in [3.63, 3.8) is 0 Å². The average molecular weight is 403 g/mol. The SMILES string of the molecule is Cc1ccccc1N(CC(=O)N[C@@H](C)c1ccc(C(C)(C)C)cc1)S(C)(=O)=O. The van der Waals surface area contributed by atoms with Crippen molar-refractivity contribution in [1.29, 1.82) is 0 Å². The zero-order chi connectivity index (χ0) is 21.1. The van der Waals surface area contributed by atoms with E-state index in [1.807, 2.05) is 38.1 Å². The molecule has 0 aromatic heterocycles. The van der Waals surface area contributed by atoms with Crippen LogP contribution in [0.2, 0.25) is 0 Å². The number of rotatable bonds is 6. The smallest absolute Gasteiger partial charge is 0.241 e. The van der Waals surface area contributed by atoms with Crippen molar-refractivity contribution in [2.24, 2.45) is 0 Å². The minimum atomic E-state index is -3.59. The Kier molecular flexibility index (Phi) is 6.55. The lowest BCUT2D eigenvalue weighted by Gasteiger charge is -2.25. The van der Waals surface area contributed by atoms with Crippen molar-refractivity contribution < 1.29 is 13.2 Å². The summed E-state index contributed by atoms with van der Waals surface area (Å²) in [6, 6.07) is 15.0. The van der Waals surface area contributed by atoms with Gasteiger partial charge in [-0.3, -0.25) is 9.10 Å². The van der Waals surface area contributed by atoms with E-state index < -0.39 is 10.0 Å². The fourth-order valence-corrected chi connectivity index (χ4v) is 3.91. The molecule has 0 bridgehead atoms. The fraction of sp³-hybridized carbons (Fsp3) is 0.409. The van der Waals surface area contributed by atoms with Crippen LogP contribution in [0.4, 0.5) is 5.69 Å². The van der Waals surface area contributed by atoms with Crippen molar-refractivity contribution in [3.05, 3.63) is 65.2 Å². The second-order valence-corrected chi connectivity index (χ2v) is 10.1. The number of hydrogen-bond donors (Lipinski definition) is 1. The van der Waals surface area contributed by atoms with Gasteiger partial charge in [-0.05, 0) is 42.0 Å². The molecule has 152 valence electrons. The monoisotopic (exact) mass is 402 g/mol. The van der Waals surface area contributed by atoms with Gasteiger partial charge >= 0.3 is 0 Å². The van der Waals surface area contributed by atoms with Gasteiger partial charge in [0.25, 0.3) is 0 Å². The van der Waals surface area contributed by atoms with E-state index in [2.05, 4.69) is 38.2 Å². The van der Waals surface area contributed by atoms with Crippen molar-refractivity contribution in [2.45, 2.75) is 46.1 Å². The molecule has 2 rings (SSSR count). The number of amides is 1. The van der Waals surface area contributed by atoms with E-state index in [4.69, 9.17) is 0 Å². The Morgan fingerprint density at radius 2 is 1.64 bits per heavy atom. The minimum absolute atomic E-state index is 0.0640. The van der Waals surface area contributed by atoms with Gasteiger partial charge in [0, 0.05) is 0 Å². The van der Waals surface area contributed by atoms with Crippen LogP contribution in [0.25, 0.3) is 0 Å². The summed E-state index contributed by atoms with van der Waals surface area (Å²) in [4.78, 5) is 12.6. The summed E-state index contributed by atoms with van der Waals surface area (Å²) in [6.07, 6.45) is 1.11. The Labute approximate surface area is 168 Å². The molecule has 1 atom stereocenters. The standard InChI is InChI=1S/C22H30N2O3S/c1-16-9-7-8-10-20(16)24(28(6,26)27)15-21(25)23-17(2)18-11-13-19(14-12-18)22(3,4)5/h7-14,17H,15H2,1-6H3,(H,23,25)/t17-/m0/s1. The van der Waals surface area contributed by atoms with Crippen molar-refractivity contribution in [1.82, 2.24) is 5.32 Å². The van der Waals surface area contributed by atoms with E-state index in [1.165, 1.54) is 5.56 Å². The maximum Gasteiger partial charge on any atom is 0.241 e. The molecular weight excluding hydrogens is 372 g/mol. The maximum absolute atomic E-state index is 12.6. The van der Waals surface area contributed by atoms with Crippen LogP contribution in [0.15, 0.2) is 48.5 Å². The molecule has 28 heavy (non-hydrogen) atoms. The third-order valence-corrected chi connectivity index (χ3v) is 5.85. The quantitative estimate of drug-likeness (QED) is 0.796. The third kappa shape index (κ3) is 5.58. The van der Waals surface area contributed by atoms with E-state index in [0.717, 1.165) is 21.7 Å². The molecule has 2 aromatic rings. The lowest BCUT2D eigenvalue weighted by molar-refractivity contribution is -0.120. The van der Waals surface area contributed by atoms with Crippen molar-refractivity contribution >= 4 is 21.6 Å². The molecule has 0 fully saturated rings. The number of nitrogens with zero attached hydrogens (tertiary/aromatic N) is 1. The van der Waals surface area contributed by atoms with Crippen LogP contribution >= 0.6 is 0 Å². The van der Waals surface area contributed by atoms with E-state index in [9.17, 15) is 13.2 Å². The lowest BCUT2D eigenvalue weighted by atomic mass is 9.86. The molecule has 1 amide bonds. The molecule has 2 aromatic carbocycles. The Bertz CT molecular complexity index is 929. The third-order valence-electron chi connectivity index (χ3n) is 4.73. The predicted octanol–water partition coefficient (Wildman–Crippen LogP) is 3.94. The summed E-state index contributed by atoms with van der Waals surface area (Å²) in [5, 5.41) is 2.90. The van der Waals surface area contributed by atoms with Gasteiger partial charge in [0.1, 0.15) is 6.54 Å². The average Bonchev–Trinajstić information content (AvgIpc) is 2.59. The van der Waals surface area contributed by atoms with Gasteiger partial charge in [-0.15, -0.1) is 0 Å². The molecule has 1 N–H and O–H groups in total. The first-order valence-corrected chi connectivity index (χ1v) is 11.2. The Morgan fingerprint density at radius 1 is 1.07 bits per heavy atom. The largest absolute Gasteiger partial charge is 0.348 e. The summed E-state index contributed by atoms with van der Waals surface area (Å²) >= 11 is 0. The first-order chi connectivity index (χ1) is 12.9. The van der Waals surface area contributed by atoms with Crippen LogP contribution in [-0.2, 0) is 20.2 Å². The number of nitrogens with one attached hydrogen (secondary N) is 1. The number of para-hydroxylation sites is 1. The number of sulfonamides is 1. The molecule has 0 aliphatic carbocycles. The summed E-state index contributed by atoms with van der Waals surface area (Å²) in [7, 11) is -3.59. The van der Waals surface area contributed by atoms with Crippen molar-refractivity contribution in [2.75, 3.05) is 17.1 Å². The summed E-state index contributed by atoms with van der Waals surface area (Å²) < 4.78 is 25.7. The van der Waals surface area contributed by atoms with Gasteiger partial charge in [0.2, 0.25) is 15.9 Å². The molecule has 6 heteroatoms. The number of carbonyl (C=O) groups excluding carboxylic acids is 1. The maximum atomic E-state index is 12.6. The van der Waals surface area contributed by atoms with Crippen LogP contribution in [0.5, 0.6) is 0 Å². The molecule has 0 saturated carbocycles. The number of benzene rings is 2. The normalized spacial score (nSPS) is 13.1. The van der Waals surface area contributed by atoms with Gasteiger partial charge in [-0.25, -0.2) is 8.42 Å². The molecule has 0 saturated heterocycles. The first kappa shape index (κ1) is 22.0. The van der Waals surface area contributed by atoms with Gasteiger partial charge in [0.15, 0.2) is 0 Å². The minimum Gasteiger partial charge on any atom is -0.348 e. The Hall–Kier alpha value is -2.34. The number of anilines is 1. The first-order valence-electron chi connectivity index (χ1n) is 9.33. The van der Waals surface area contributed by atoms with E-state index in [-0.39, 0.29) is 23.9 Å². The molecule has 0 unspecified atom stereocenters. The molecule has 0 aliphatic rings. The van der Waals surface area contributed by atoms with Crippen LogP contribution in [0.3, 0.4) is 0 Å². The summed E-state index contributed by atoms with van der Waals surface area (Å²) in [6.45, 7) is 9.91. The second kappa shape index (κ2) is 8.35. The zero-order valence-electron chi connectivity index (χ0n) is 17.5. The molecule has 0 spiro atoms. The van der Waals surface area contributed by atoms with Crippen molar-refractivity contribution in [3.8, 4) is 0 Å². The van der Waals surface area contributed by atoms with Gasteiger partial charge < -0.3 is 5.32 Å². The second-order valence-electron chi connectivity index (χ2n) is 8.22. The topological polar surface area (TPSA) is 66.5 Å². The Morgan fingerprint density at radius 3 is 2.14 bits per heavy atom. The summed E-state index contributed by atoms with van der Waals surface area (Å²) in [5.41, 5.74) is 3.57. The molecule has 0 aliphatic heterocycles. The highest BCUT2D eigenvalue weighted by molar-refractivity contribution is 7.92. The number of aryl methyl sites for hydroxylation is 1. The van der Waals surface area contributed by atoms with E-state index in [0.29, 0.717) is 5.69 Å². The molecule has 5 nitrogen and oxygen atoms in total. The van der Waals surface area contributed by atoms with Gasteiger partial charge in [0.05, 0.1) is 18.0 Å². The Balaban J connectivity index is 2.13. The molecule has 0 radical (unpaired) electrons. The highest BCUT2D eigenvalue weighted by Gasteiger charge is 2.23. The van der Waals surface area contributed by atoms with Gasteiger partial charge in [-0.2, -0.15) is 0 Å². The van der Waals surface area contributed by atoms with Gasteiger partial charge in [-0.1, -0.05) is 63.2 Å². The highest BCUT2D eigenvalue weighted by Crippen LogP contribution is 2.24. The summed E-state index contributed by atoms with van der Waals surface area (Å²) in [5.74, 6) is -0.346. The fourth-order valence-electron chi connectivity index (χ4n) is 3.00. The molecule has 0 heterocycles. The molecular formula is C22H30N2O3S. The van der Waals surface area contributed by atoms with Crippen LogP contribution in [0.1, 0.15) is 50.4 Å². The zero-order valence-corrected chi connectivity index (χ0v) is 18.3. The predicted molar refractivity (Wildman–Crippen MR) is 115 cm³/mol. The number of carbonyl (C=O) groups is 1. The highest BCUT2D eigenvalue weighted by atomic mass is 32.2. The lowest BCUT2D eigenvalue weighted by Crippen LogP contribution is -2.41. The van der Waals surface area contributed by atoms with E-state index >= 15 is 0 Å². The number of hydrogen-bond acceptors (Lipinski definition) is 3. The van der Waals surface area contributed by atoms with Crippen LogP contribution in [0, 0.1) is 6.92 Å². The van der Waals surface area contributed by atoms with E-state index in [1.54, 1.807) is 12.1 Å². The van der Waals surface area contributed by atoms with Crippen LogP contribution < -0.4 is 9.62 Å². The van der Waals surface area contributed by atoms with Crippen LogP contribution in [-0.4, -0.2) is 27.1 Å².